The molecule has 0 aliphatic heterocycles. The van der Waals surface area contributed by atoms with E-state index in [0.717, 1.165) is 29.0 Å². The summed E-state index contributed by atoms with van der Waals surface area (Å²) < 4.78 is 6.05. The highest BCUT2D eigenvalue weighted by molar-refractivity contribution is 7.98. The van der Waals surface area contributed by atoms with E-state index in [1.807, 2.05) is 43.3 Å². The van der Waals surface area contributed by atoms with Crippen molar-refractivity contribution in [1.29, 1.82) is 0 Å². The minimum atomic E-state index is -0.171. The highest BCUT2D eigenvalue weighted by Gasteiger charge is 2.10. The molecule has 0 aliphatic rings. The summed E-state index contributed by atoms with van der Waals surface area (Å²) in [6.07, 6.45) is 6.62. The predicted molar refractivity (Wildman–Crippen MR) is 122 cm³/mol. The number of ether oxygens (including phenoxy) is 1. The molecular weight excluding hydrogens is 380 g/mol. The lowest BCUT2D eigenvalue weighted by Crippen LogP contribution is -2.25. The molecule has 0 saturated carbocycles. The summed E-state index contributed by atoms with van der Waals surface area (Å²) in [6.45, 7) is 8.36. The number of allylic oxidation sites excluding steroid dienone is 2. The fourth-order valence-corrected chi connectivity index (χ4v) is 3.47. The second-order valence-corrected chi connectivity index (χ2v) is 7.70. The average molecular weight is 411 g/mol. The molecular formula is C24H30N2O2S. The number of hydrogen-bond donors (Lipinski definition) is 2. The smallest absolute Gasteiger partial charge is 0.253 e. The van der Waals surface area contributed by atoms with Crippen molar-refractivity contribution in [2.24, 2.45) is 5.73 Å². The van der Waals surface area contributed by atoms with Gasteiger partial charge in [0, 0.05) is 17.1 Å². The Kier molecular flexibility index (Phi) is 8.40. The number of carbonyl (C=O) groups is 1. The summed E-state index contributed by atoms with van der Waals surface area (Å²) in [5, 5.41) is 2.92. The first kappa shape index (κ1) is 22.6. The van der Waals surface area contributed by atoms with Crippen molar-refractivity contribution < 1.29 is 9.53 Å². The van der Waals surface area contributed by atoms with Gasteiger partial charge in [0.15, 0.2) is 0 Å². The third kappa shape index (κ3) is 6.16. The lowest BCUT2D eigenvalue weighted by Gasteiger charge is -2.13. The number of benzene rings is 2. The zero-order chi connectivity index (χ0) is 21.4. The molecule has 2 aromatic rings. The standard InChI is InChI=1S/C24H30N2O2S/c1-6-7-8-21(18(4)25)24(27)26-15-19-9-11-20(12-10-19)28-22-13-14-23(29-5)17(3)16(22)2/h7-14H,6,15,25H2,1-5H3,(H,26,27)/b8-7-,21-18-. The Hall–Kier alpha value is -2.66. The molecule has 0 aliphatic carbocycles. The summed E-state index contributed by atoms with van der Waals surface area (Å²) in [5.74, 6) is 1.45. The second kappa shape index (κ2) is 10.8. The molecule has 0 heterocycles. The number of nitrogens with one attached hydrogen (secondary N) is 1. The number of rotatable bonds is 8. The fraction of sp³-hybridized carbons (Fsp3) is 0.292. The lowest BCUT2D eigenvalue weighted by molar-refractivity contribution is -0.117. The van der Waals surface area contributed by atoms with E-state index < -0.39 is 0 Å². The van der Waals surface area contributed by atoms with Crippen LogP contribution in [0.1, 0.15) is 37.0 Å². The van der Waals surface area contributed by atoms with Crippen LogP contribution in [0.2, 0.25) is 0 Å². The molecule has 2 aromatic carbocycles. The van der Waals surface area contributed by atoms with Crippen molar-refractivity contribution in [3.05, 3.63) is 76.5 Å². The first-order chi connectivity index (χ1) is 13.9. The number of nitrogens with two attached hydrogens (primary N) is 1. The quantitative estimate of drug-likeness (QED) is 0.336. The van der Waals surface area contributed by atoms with Gasteiger partial charge >= 0.3 is 0 Å². The Labute approximate surface area is 178 Å². The van der Waals surface area contributed by atoms with E-state index in [2.05, 4.69) is 31.5 Å². The highest BCUT2D eigenvalue weighted by atomic mass is 32.2. The normalized spacial score (nSPS) is 12.0. The fourth-order valence-electron chi connectivity index (χ4n) is 2.80. The van der Waals surface area contributed by atoms with Crippen molar-refractivity contribution in [3.8, 4) is 11.5 Å². The van der Waals surface area contributed by atoms with Gasteiger partial charge in [0.25, 0.3) is 5.91 Å². The van der Waals surface area contributed by atoms with Crippen LogP contribution >= 0.6 is 11.8 Å². The van der Waals surface area contributed by atoms with Crippen LogP contribution in [-0.2, 0) is 11.3 Å². The van der Waals surface area contributed by atoms with E-state index >= 15 is 0 Å². The van der Waals surface area contributed by atoms with Gasteiger partial charge in [-0.1, -0.05) is 31.2 Å². The van der Waals surface area contributed by atoms with Crippen molar-refractivity contribution in [3.63, 3.8) is 0 Å². The molecule has 0 aromatic heterocycles. The SMILES string of the molecule is CC/C=C\C(C(=O)NCc1ccc(Oc2ccc(SC)c(C)c2C)cc1)=C(/C)N. The molecule has 0 fully saturated rings. The largest absolute Gasteiger partial charge is 0.457 e. The molecule has 29 heavy (non-hydrogen) atoms. The Balaban J connectivity index is 2.02. The monoisotopic (exact) mass is 410 g/mol. The molecule has 4 nitrogen and oxygen atoms in total. The molecule has 0 atom stereocenters. The maximum absolute atomic E-state index is 12.4. The van der Waals surface area contributed by atoms with Gasteiger partial charge in [-0.3, -0.25) is 4.79 Å². The molecule has 0 saturated heterocycles. The predicted octanol–water partition coefficient (Wildman–Crippen LogP) is 5.63. The summed E-state index contributed by atoms with van der Waals surface area (Å²) in [4.78, 5) is 13.6. The minimum absolute atomic E-state index is 0.171. The van der Waals surface area contributed by atoms with Gasteiger partial charge in [-0.15, -0.1) is 11.8 Å². The molecule has 0 radical (unpaired) electrons. The Bertz CT molecular complexity index is 911. The average Bonchev–Trinajstić information content (AvgIpc) is 2.71. The van der Waals surface area contributed by atoms with Crippen molar-refractivity contribution in [2.45, 2.75) is 45.6 Å². The lowest BCUT2D eigenvalue weighted by atomic mass is 10.1. The zero-order valence-electron chi connectivity index (χ0n) is 17.8. The molecule has 0 unspecified atom stereocenters. The maximum atomic E-state index is 12.4. The molecule has 1 amide bonds. The Morgan fingerprint density at radius 1 is 1.14 bits per heavy atom. The van der Waals surface area contributed by atoms with Gasteiger partial charge in [0.2, 0.25) is 0 Å². The molecule has 154 valence electrons. The van der Waals surface area contributed by atoms with Gasteiger partial charge < -0.3 is 15.8 Å². The maximum Gasteiger partial charge on any atom is 0.253 e. The van der Waals surface area contributed by atoms with Crippen molar-refractivity contribution in [1.82, 2.24) is 5.32 Å². The molecule has 0 spiro atoms. The van der Waals surface area contributed by atoms with E-state index in [1.165, 1.54) is 10.5 Å². The van der Waals surface area contributed by atoms with Crippen LogP contribution in [0.15, 0.2) is 64.7 Å². The van der Waals surface area contributed by atoms with E-state index in [9.17, 15) is 4.79 Å². The second-order valence-electron chi connectivity index (χ2n) is 6.85. The van der Waals surface area contributed by atoms with Gasteiger partial charge in [0.1, 0.15) is 11.5 Å². The first-order valence-corrected chi connectivity index (χ1v) is 10.9. The molecule has 3 N–H and O–H groups in total. The number of amides is 1. The minimum Gasteiger partial charge on any atom is -0.457 e. The van der Waals surface area contributed by atoms with Crippen LogP contribution in [0, 0.1) is 13.8 Å². The van der Waals surface area contributed by atoms with Crippen LogP contribution < -0.4 is 15.8 Å². The first-order valence-electron chi connectivity index (χ1n) is 9.69. The van der Waals surface area contributed by atoms with Crippen molar-refractivity contribution in [2.75, 3.05) is 6.26 Å². The Morgan fingerprint density at radius 2 is 1.83 bits per heavy atom. The Morgan fingerprint density at radius 3 is 2.41 bits per heavy atom. The third-order valence-electron chi connectivity index (χ3n) is 4.70. The van der Waals surface area contributed by atoms with Gasteiger partial charge in [-0.25, -0.2) is 0 Å². The summed E-state index contributed by atoms with van der Waals surface area (Å²) in [6, 6.07) is 11.8. The van der Waals surface area contributed by atoms with E-state index in [-0.39, 0.29) is 5.91 Å². The van der Waals surface area contributed by atoms with Crippen LogP contribution in [0.5, 0.6) is 11.5 Å². The number of carbonyl (C=O) groups excluding carboxylic acids is 1. The topological polar surface area (TPSA) is 64.3 Å². The number of hydrogen-bond acceptors (Lipinski definition) is 4. The zero-order valence-corrected chi connectivity index (χ0v) is 18.7. The van der Waals surface area contributed by atoms with Crippen LogP contribution in [0.3, 0.4) is 0 Å². The van der Waals surface area contributed by atoms with E-state index in [0.29, 0.717) is 17.8 Å². The molecule has 2 rings (SSSR count). The van der Waals surface area contributed by atoms with Crippen LogP contribution in [0.25, 0.3) is 0 Å². The number of thioether (sulfide) groups is 1. The third-order valence-corrected chi connectivity index (χ3v) is 5.58. The molecule has 0 bridgehead atoms. The van der Waals surface area contributed by atoms with Gasteiger partial charge in [-0.05, 0) is 74.4 Å². The summed E-state index contributed by atoms with van der Waals surface area (Å²) in [7, 11) is 0. The van der Waals surface area contributed by atoms with E-state index in [1.54, 1.807) is 24.8 Å². The van der Waals surface area contributed by atoms with Crippen LogP contribution in [0.4, 0.5) is 0 Å². The highest BCUT2D eigenvalue weighted by Crippen LogP contribution is 2.32. The van der Waals surface area contributed by atoms with Crippen molar-refractivity contribution >= 4 is 17.7 Å². The van der Waals surface area contributed by atoms with Gasteiger partial charge in [0.05, 0.1) is 5.57 Å². The summed E-state index contributed by atoms with van der Waals surface area (Å²) >= 11 is 1.74. The summed E-state index contributed by atoms with van der Waals surface area (Å²) in [5.41, 5.74) is 10.2. The molecule has 5 heteroatoms. The van der Waals surface area contributed by atoms with Crippen LogP contribution in [-0.4, -0.2) is 12.2 Å². The van der Waals surface area contributed by atoms with Gasteiger partial charge in [-0.2, -0.15) is 0 Å². The van der Waals surface area contributed by atoms with E-state index in [4.69, 9.17) is 10.5 Å².